The third-order valence-corrected chi connectivity index (χ3v) is 4.15. The lowest BCUT2D eigenvalue weighted by Crippen LogP contribution is -2.49. The van der Waals surface area contributed by atoms with Gasteiger partial charge in [0.2, 0.25) is 5.91 Å². The molecule has 0 aliphatic heterocycles. The van der Waals surface area contributed by atoms with Crippen LogP contribution in [-0.4, -0.2) is 18.5 Å². The Hall–Kier alpha value is -1.06. The van der Waals surface area contributed by atoms with E-state index in [1.54, 1.807) is 0 Å². The fraction of sp³-hybridized carbons (Fsp3) is 0.562. The molecule has 0 spiro atoms. The van der Waals surface area contributed by atoms with Crippen LogP contribution >= 0.6 is 12.4 Å². The Morgan fingerprint density at radius 3 is 2.50 bits per heavy atom. The highest BCUT2D eigenvalue weighted by molar-refractivity contribution is 5.88. The quantitative estimate of drug-likeness (QED) is 0.877. The molecule has 0 radical (unpaired) electrons. The minimum absolute atomic E-state index is 0. The summed E-state index contributed by atoms with van der Waals surface area (Å²) in [6.45, 7) is 6.53. The molecule has 1 aromatic rings. The van der Waals surface area contributed by atoms with E-state index < -0.39 is 5.41 Å². The zero-order valence-corrected chi connectivity index (χ0v) is 13.3. The largest absolute Gasteiger partial charge is 0.351 e. The molecule has 112 valence electrons. The Labute approximate surface area is 127 Å². The summed E-state index contributed by atoms with van der Waals surface area (Å²) >= 11 is 0. The summed E-state index contributed by atoms with van der Waals surface area (Å²) in [4.78, 5) is 12.6. The number of aryl methyl sites for hydroxylation is 1. The molecule has 0 saturated heterocycles. The summed E-state index contributed by atoms with van der Waals surface area (Å²) in [6, 6.07) is 8.20. The number of halogens is 1. The van der Waals surface area contributed by atoms with Gasteiger partial charge in [-0.05, 0) is 50.7 Å². The van der Waals surface area contributed by atoms with E-state index in [4.69, 9.17) is 5.73 Å². The lowest BCUT2D eigenvalue weighted by molar-refractivity contribution is -0.126. The van der Waals surface area contributed by atoms with Crippen molar-refractivity contribution in [1.82, 2.24) is 5.32 Å². The predicted molar refractivity (Wildman–Crippen MR) is 85.2 cm³/mol. The molecule has 1 amide bonds. The predicted octanol–water partition coefficient (Wildman–Crippen LogP) is 2.55. The molecule has 1 aromatic carbocycles. The van der Waals surface area contributed by atoms with Crippen LogP contribution in [0.2, 0.25) is 0 Å². The molecule has 1 aliphatic carbocycles. The van der Waals surface area contributed by atoms with Crippen molar-refractivity contribution in [3.63, 3.8) is 0 Å². The van der Waals surface area contributed by atoms with Crippen molar-refractivity contribution in [3.05, 3.63) is 35.4 Å². The summed E-state index contributed by atoms with van der Waals surface area (Å²) in [5, 5.41) is 3.13. The maximum Gasteiger partial charge on any atom is 0.230 e. The molecule has 3 nitrogen and oxygen atoms in total. The number of benzene rings is 1. The molecule has 1 aliphatic rings. The van der Waals surface area contributed by atoms with E-state index in [1.165, 1.54) is 12.8 Å². The summed E-state index contributed by atoms with van der Waals surface area (Å²) in [5.74, 6) is 0.658. The number of rotatable bonds is 5. The Balaban J connectivity index is 0.00000200. The maximum atomic E-state index is 12.6. The highest BCUT2D eigenvalue weighted by Crippen LogP contribution is 2.33. The molecule has 3 N–H and O–H groups in total. The summed E-state index contributed by atoms with van der Waals surface area (Å²) in [6.07, 6.45) is 2.37. The Morgan fingerprint density at radius 1 is 1.40 bits per heavy atom. The first-order valence-corrected chi connectivity index (χ1v) is 7.04. The number of amides is 1. The minimum Gasteiger partial charge on any atom is -0.351 e. The van der Waals surface area contributed by atoms with E-state index in [1.807, 2.05) is 45.0 Å². The first-order chi connectivity index (χ1) is 8.96. The van der Waals surface area contributed by atoms with Gasteiger partial charge < -0.3 is 11.1 Å². The van der Waals surface area contributed by atoms with E-state index >= 15 is 0 Å². The van der Waals surface area contributed by atoms with Gasteiger partial charge >= 0.3 is 0 Å². The van der Waals surface area contributed by atoms with Crippen LogP contribution in [0, 0.1) is 12.8 Å². The lowest BCUT2D eigenvalue weighted by atomic mass is 9.81. The van der Waals surface area contributed by atoms with Crippen molar-refractivity contribution in [1.29, 1.82) is 0 Å². The number of carbonyl (C=O) groups is 1. The van der Waals surface area contributed by atoms with Crippen LogP contribution in [0.25, 0.3) is 0 Å². The van der Waals surface area contributed by atoms with E-state index in [-0.39, 0.29) is 24.4 Å². The monoisotopic (exact) mass is 296 g/mol. The first-order valence-electron chi connectivity index (χ1n) is 7.04. The van der Waals surface area contributed by atoms with Gasteiger partial charge in [-0.1, -0.05) is 24.3 Å². The van der Waals surface area contributed by atoms with E-state index in [0.29, 0.717) is 12.5 Å². The normalized spacial score (nSPS) is 16.2. The molecule has 1 unspecified atom stereocenters. The van der Waals surface area contributed by atoms with Gasteiger partial charge in [-0.25, -0.2) is 0 Å². The number of hydrogen-bond donors (Lipinski definition) is 2. The van der Waals surface area contributed by atoms with Crippen LogP contribution in [0.15, 0.2) is 24.3 Å². The smallest absolute Gasteiger partial charge is 0.230 e. The molecule has 2 rings (SSSR count). The second-order valence-corrected chi connectivity index (χ2v) is 6.09. The Bertz CT molecular complexity index is 469. The molecule has 0 aromatic heterocycles. The molecule has 4 heteroatoms. The van der Waals surface area contributed by atoms with Crippen LogP contribution in [0.4, 0.5) is 0 Å². The van der Waals surface area contributed by atoms with Gasteiger partial charge in [0.1, 0.15) is 0 Å². The highest BCUT2D eigenvalue weighted by atomic mass is 35.5. The van der Waals surface area contributed by atoms with Crippen molar-refractivity contribution in [3.8, 4) is 0 Å². The zero-order chi connectivity index (χ0) is 14.0. The minimum atomic E-state index is -0.520. The second-order valence-electron chi connectivity index (χ2n) is 6.09. The average Bonchev–Trinajstić information content (AvgIpc) is 3.20. The van der Waals surface area contributed by atoms with Crippen molar-refractivity contribution >= 4 is 18.3 Å². The third-order valence-electron chi connectivity index (χ3n) is 4.15. The van der Waals surface area contributed by atoms with Gasteiger partial charge in [-0.2, -0.15) is 0 Å². The molecule has 0 heterocycles. The van der Waals surface area contributed by atoms with Crippen molar-refractivity contribution in [2.24, 2.45) is 11.7 Å². The van der Waals surface area contributed by atoms with Gasteiger partial charge in [-0.3, -0.25) is 4.79 Å². The Morgan fingerprint density at radius 2 is 2.00 bits per heavy atom. The Kier molecular flexibility index (Phi) is 5.60. The average molecular weight is 297 g/mol. The van der Waals surface area contributed by atoms with Gasteiger partial charge in [0.05, 0.1) is 5.41 Å². The van der Waals surface area contributed by atoms with Crippen LogP contribution in [-0.2, 0) is 10.2 Å². The maximum absolute atomic E-state index is 12.6. The van der Waals surface area contributed by atoms with Crippen LogP contribution in [0.3, 0.4) is 0 Å². The topological polar surface area (TPSA) is 55.1 Å². The summed E-state index contributed by atoms with van der Waals surface area (Å²) in [7, 11) is 0. The third kappa shape index (κ3) is 3.53. The summed E-state index contributed by atoms with van der Waals surface area (Å²) < 4.78 is 0. The van der Waals surface area contributed by atoms with Gasteiger partial charge in [0, 0.05) is 12.6 Å². The van der Waals surface area contributed by atoms with E-state index in [2.05, 4.69) is 5.32 Å². The van der Waals surface area contributed by atoms with Crippen LogP contribution < -0.4 is 11.1 Å². The van der Waals surface area contributed by atoms with Crippen LogP contribution in [0.5, 0.6) is 0 Å². The molecule has 1 fully saturated rings. The lowest BCUT2D eigenvalue weighted by Gasteiger charge is -2.28. The van der Waals surface area contributed by atoms with E-state index in [9.17, 15) is 4.79 Å². The van der Waals surface area contributed by atoms with Crippen molar-refractivity contribution < 1.29 is 4.79 Å². The SMILES string of the molecule is Cc1ccccc1C(C)(C)C(=O)NC(CN)C1CC1.Cl. The molecular formula is C16H25ClN2O. The molecule has 0 bridgehead atoms. The molecule has 1 atom stereocenters. The molecule has 1 saturated carbocycles. The van der Waals surface area contributed by atoms with Gasteiger partial charge in [0.15, 0.2) is 0 Å². The van der Waals surface area contributed by atoms with Gasteiger partial charge in [-0.15, -0.1) is 12.4 Å². The van der Waals surface area contributed by atoms with Crippen molar-refractivity contribution in [2.75, 3.05) is 6.54 Å². The first kappa shape index (κ1) is 17.0. The molecular weight excluding hydrogens is 272 g/mol. The van der Waals surface area contributed by atoms with E-state index in [0.717, 1.165) is 11.1 Å². The fourth-order valence-electron chi connectivity index (χ4n) is 2.61. The number of nitrogens with one attached hydrogen (secondary N) is 1. The number of hydrogen-bond acceptors (Lipinski definition) is 2. The highest BCUT2D eigenvalue weighted by Gasteiger charge is 2.36. The number of nitrogens with two attached hydrogens (primary N) is 1. The van der Waals surface area contributed by atoms with Gasteiger partial charge in [0.25, 0.3) is 0 Å². The van der Waals surface area contributed by atoms with Crippen molar-refractivity contribution in [2.45, 2.75) is 45.1 Å². The number of carbonyl (C=O) groups excluding carboxylic acids is 1. The second kappa shape index (κ2) is 6.59. The molecule has 20 heavy (non-hydrogen) atoms. The standard InChI is InChI=1S/C16H24N2O.ClH/c1-11-6-4-5-7-13(11)16(2,3)15(19)18-14(10-17)12-8-9-12;/h4-7,12,14H,8-10,17H2,1-3H3,(H,18,19);1H. The van der Waals surface area contributed by atoms with Crippen LogP contribution in [0.1, 0.15) is 37.8 Å². The summed E-state index contributed by atoms with van der Waals surface area (Å²) in [5.41, 5.74) is 7.47. The fourth-order valence-corrected chi connectivity index (χ4v) is 2.61. The zero-order valence-electron chi connectivity index (χ0n) is 12.5.